The number of amides is 3. The van der Waals surface area contributed by atoms with Crippen molar-refractivity contribution < 1.29 is 33.8 Å². The van der Waals surface area contributed by atoms with Crippen LogP contribution in [-0.2, 0) is 20.7 Å². The van der Waals surface area contributed by atoms with Crippen LogP contribution in [0.15, 0.2) is 82.4 Å². The summed E-state index contributed by atoms with van der Waals surface area (Å²) in [6, 6.07) is 19.4. The van der Waals surface area contributed by atoms with E-state index >= 15 is 0 Å². The van der Waals surface area contributed by atoms with E-state index in [0.717, 1.165) is 22.3 Å². The largest absolute Gasteiger partial charge is 0.488 e. The lowest BCUT2D eigenvalue weighted by Crippen LogP contribution is -2.49. The zero-order valence-electron chi connectivity index (χ0n) is 26.3. The van der Waals surface area contributed by atoms with Crippen LogP contribution < -0.4 is 36.9 Å². The molecule has 0 radical (unpaired) electrons. The number of fused-ring (bicyclic) bond motifs is 2. The lowest BCUT2D eigenvalue weighted by atomic mass is 9.92. The first-order chi connectivity index (χ1) is 23.6. The number of rotatable bonds is 13. The van der Waals surface area contributed by atoms with Crippen molar-refractivity contribution in [1.82, 2.24) is 16.0 Å². The number of carboxylic acids is 1. The Hall–Kier alpha value is -6.42. The van der Waals surface area contributed by atoms with Gasteiger partial charge >= 0.3 is 12.1 Å². The van der Waals surface area contributed by atoms with E-state index < -0.39 is 53.3 Å². The summed E-state index contributed by atoms with van der Waals surface area (Å²) in [5, 5.41) is 19.7. The van der Waals surface area contributed by atoms with E-state index in [2.05, 4.69) is 33.1 Å². The summed E-state index contributed by atoms with van der Waals surface area (Å²) in [5.41, 5.74) is 2.37. The van der Waals surface area contributed by atoms with Gasteiger partial charge in [0.15, 0.2) is 5.75 Å². The molecule has 2 atom stereocenters. The molecule has 1 aliphatic rings. The van der Waals surface area contributed by atoms with Crippen molar-refractivity contribution in [1.29, 1.82) is 0 Å². The second-order valence-electron chi connectivity index (χ2n) is 10.9. The van der Waals surface area contributed by atoms with Crippen LogP contribution in [0.4, 0.5) is 16.2 Å². The van der Waals surface area contributed by atoms with Gasteiger partial charge in [-0.3, -0.25) is 24.0 Å². The SMILES string of the molecule is CCOc1c(Nc2ccc(C(=O)N[C@@H](CC(=O)O)C(=O)NCCNC(=O)OC3Cc4ccccc4C#Cc4ccccc43)cc2)c(=O)c1=O. The zero-order chi connectivity index (χ0) is 34.9. The Labute approximate surface area is 280 Å². The van der Waals surface area contributed by atoms with E-state index in [1.165, 1.54) is 24.3 Å². The van der Waals surface area contributed by atoms with Gasteiger partial charge in [-0.2, -0.15) is 0 Å². The van der Waals surface area contributed by atoms with Crippen LogP contribution in [0, 0.1) is 11.8 Å². The lowest BCUT2D eigenvalue weighted by molar-refractivity contribution is -0.139. The number of benzene rings is 3. The average molecular weight is 665 g/mol. The predicted octanol–water partition coefficient (Wildman–Crippen LogP) is 2.54. The fourth-order valence-corrected chi connectivity index (χ4v) is 5.15. The average Bonchev–Trinajstić information content (AvgIpc) is 3.09. The summed E-state index contributed by atoms with van der Waals surface area (Å²) >= 11 is 0. The molecule has 5 N–H and O–H groups in total. The molecule has 0 saturated carbocycles. The highest BCUT2D eigenvalue weighted by molar-refractivity contribution is 5.98. The Morgan fingerprint density at radius 3 is 2.29 bits per heavy atom. The third kappa shape index (κ3) is 8.30. The van der Waals surface area contributed by atoms with Gasteiger partial charge < -0.3 is 35.8 Å². The first-order valence-electron chi connectivity index (χ1n) is 15.4. The zero-order valence-corrected chi connectivity index (χ0v) is 26.3. The molecular formula is C36H32N4O9. The van der Waals surface area contributed by atoms with Gasteiger partial charge in [0.2, 0.25) is 5.91 Å². The van der Waals surface area contributed by atoms with Gasteiger partial charge in [0.25, 0.3) is 16.8 Å². The van der Waals surface area contributed by atoms with E-state index in [0.29, 0.717) is 12.1 Å². The smallest absolute Gasteiger partial charge is 0.407 e. The van der Waals surface area contributed by atoms with Crippen molar-refractivity contribution >= 4 is 35.3 Å². The standard InChI is InChI=1S/C36H32N4O9/c1-2-48-33-30(31(43)32(33)44)39-25-15-13-23(14-16-25)34(45)40-27(20-29(41)42)35(46)37-17-18-38-36(47)49-28-19-24-9-4-3-7-21(24)11-12-22-8-5-6-10-26(22)28/h3-10,13-16,27-28,39H,2,17-20H2,1H3,(H,37,46)(H,38,47)(H,40,45)(H,41,42)/t27-,28?/m0/s1. The highest BCUT2D eigenvalue weighted by Gasteiger charge is 2.26. The van der Waals surface area contributed by atoms with Crippen LogP contribution in [0.3, 0.4) is 0 Å². The Kier molecular flexibility index (Phi) is 10.7. The van der Waals surface area contributed by atoms with Crippen LogP contribution in [0.2, 0.25) is 0 Å². The maximum absolute atomic E-state index is 12.9. The topological polar surface area (TPSA) is 189 Å². The molecule has 3 amide bonds. The minimum atomic E-state index is -1.42. The summed E-state index contributed by atoms with van der Waals surface area (Å²) < 4.78 is 11.0. The second-order valence-corrected chi connectivity index (χ2v) is 10.9. The molecule has 1 unspecified atom stereocenters. The number of carboxylic acid groups (broad SMARTS) is 1. The minimum Gasteiger partial charge on any atom is -0.488 e. The molecule has 0 bridgehead atoms. The van der Waals surface area contributed by atoms with Gasteiger partial charge in [0, 0.05) is 47.5 Å². The van der Waals surface area contributed by atoms with Crippen LogP contribution in [0.1, 0.15) is 52.1 Å². The molecule has 0 aliphatic heterocycles. The fourth-order valence-electron chi connectivity index (χ4n) is 5.15. The van der Waals surface area contributed by atoms with Crippen LogP contribution in [0.5, 0.6) is 5.75 Å². The van der Waals surface area contributed by atoms with E-state index in [4.69, 9.17) is 9.47 Å². The summed E-state index contributed by atoms with van der Waals surface area (Å²) in [5.74, 6) is 3.46. The molecule has 1 aliphatic carbocycles. The number of nitrogens with one attached hydrogen (secondary N) is 4. The Bertz CT molecular complexity index is 2020. The van der Waals surface area contributed by atoms with Crippen molar-refractivity contribution in [2.75, 3.05) is 25.0 Å². The quantitative estimate of drug-likeness (QED) is 0.0807. The number of ether oxygens (including phenoxy) is 2. The molecule has 5 rings (SSSR count). The molecule has 4 aromatic carbocycles. The summed E-state index contributed by atoms with van der Waals surface area (Å²) in [6.07, 6.45) is -1.61. The maximum Gasteiger partial charge on any atom is 0.407 e. The molecule has 250 valence electrons. The molecule has 0 heterocycles. The monoisotopic (exact) mass is 664 g/mol. The van der Waals surface area contributed by atoms with Gasteiger partial charge in [0.1, 0.15) is 17.8 Å². The van der Waals surface area contributed by atoms with Gasteiger partial charge in [-0.15, -0.1) is 0 Å². The number of anilines is 2. The minimum absolute atomic E-state index is 0.01000. The van der Waals surface area contributed by atoms with Gasteiger partial charge in [-0.25, -0.2) is 4.79 Å². The Balaban J connectivity index is 1.13. The van der Waals surface area contributed by atoms with Crippen molar-refractivity contribution in [3.05, 3.63) is 121 Å². The number of alkyl carbamates (subject to hydrolysis) is 1. The van der Waals surface area contributed by atoms with E-state index in [9.17, 15) is 33.9 Å². The number of hydrogen-bond acceptors (Lipinski definition) is 9. The Morgan fingerprint density at radius 1 is 0.878 bits per heavy atom. The summed E-state index contributed by atoms with van der Waals surface area (Å²) in [4.78, 5) is 73.5. The molecule has 0 saturated heterocycles. The fraction of sp³-hybridized carbons (Fsp3) is 0.222. The predicted molar refractivity (Wildman–Crippen MR) is 179 cm³/mol. The van der Waals surface area contributed by atoms with Crippen molar-refractivity contribution in [3.8, 4) is 17.6 Å². The molecular weight excluding hydrogens is 632 g/mol. The normalized spacial score (nSPS) is 13.5. The number of carbonyl (C=O) groups is 4. The Morgan fingerprint density at radius 2 is 1.55 bits per heavy atom. The lowest BCUT2D eigenvalue weighted by Gasteiger charge is -2.22. The van der Waals surface area contributed by atoms with Crippen molar-refractivity contribution in [2.45, 2.75) is 31.9 Å². The molecule has 4 aromatic rings. The number of hydrogen-bond donors (Lipinski definition) is 5. The molecule has 13 heteroatoms. The molecule has 0 aromatic heterocycles. The third-order valence-electron chi connectivity index (χ3n) is 7.58. The molecule has 49 heavy (non-hydrogen) atoms. The number of aliphatic carboxylic acids is 1. The van der Waals surface area contributed by atoms with Gasteiger partial charge in [-0.05, 0) is 48.9 Å². The van der Waals surface area contributed by atoms with Gasteiger partial charge in [0.05, 0.1) is 13.0 Å². The highest BCUT2D eigenvalue weighted by atomic mass is 16.6. The maximum atomic E-state index is 12.9. The van der Waals surface area contributed by atoms with Gasteiger partial charge in [-0.1, -0.05) is 48.2 Å². The molecule has 13 nitrogen and oxygen atoms in total. The first-order valence-corrected chi connectivity index (χ1v) is 15.4. The third-order valence-corrected chi connectivity index (χ3v) is 7.58. The van der Waals surface area contributed by atoms with E-state index in [-0.39, 0.29) is 36.7 Å². The van der Waals surface area contributed by atoms with E-state index in [1.54, 1.807) is 6.92 Å². The van der Waals surface area contributed by atoms with E-state index in [1.807, 2.05) is 48.5 Å². The first kappa shape index (κ1) is 33.9. The molecule has 0 spiro atoms. The summed E-state index contributed by atoms with van der Waals surface area (Å²) in [6.45, 7) is 1.77. The van der Waals surface area contributed by atoms with Crippen LogP contribution >= 0.6 is 0 Å². The van der Waals surface area contributed by atoms with Crippen LogP contribution in [-0.4, -0.2) is 54.7 Å². The number of carbonyl (C=O) groups excluding carboxylic acids is 3. The second kappa shape index (κ2) is 15.4. The van der Waals surface area contributed by atoms with Crippen molar-refractivity contribution in [3.63, 3.8) is 0 Å². The van der Waals surface area contributed by atoms with Crippen molar-refractivity contribution in [2.24, 2.45) is 0 Å². The van der Waals surface area contributed by atoms with Crippen LogP contribution in [0.25, 0.3) is 0 Å². The molecule has 0 fully saturated rings. The highest BCUT2D eigenvalue weighted by Crippen LogP contribution is 2.28. The summed E-state index contributed by atoms with van der Waals surface area (Å²) in [7, 11) is 0.